The molecular weight excluding hydrogens is 248 g/mol. The first kappa shape index (κ1) is 12.7. The Labute approximate surface area is 108 Å². The summed E-state index contributed by atoms with van der Waals surface area (Å²) in [5.74, 6) is -0.0545. The summed E-state index contributed by atoms with van der Waals surface area (Å²) < 4.78 is 4.99. The van der Waals surface area contributed by atoms with Gasteiger partial charge in [-0.05, 0) is 19.1 Å². The second-order valence-corrected chi connectivity index (χ2v) is 3.77. The Balaban J connectivity index is 2.28. The number of aromatic nitrogens is 3. The zero-order chi connectivity index (χ0) is 13.8. The summed E-state index contributed by atoms with van der Waals surface area (Å²) in [4.78, 5) is 33.3. The Morgan fingerprint density at radius 2 is 2.26 bits per heavy atom. The number of carbonyl (C=O) groups excluding carboxylic acids is 1. The number of nitrogens with zero attached hydrogens (tertiary/aromatic N) is 2. The first-order chi connectivity index (χ1) is 9.10. The third kappa shape index (κ3) is 2.95. The number of pyridine rings is 1. The van der Waals surface area contributed by atoms with E-state index in [1.54, 1.807) is 25.1 Å². The summed E-state index contributed by atoms with van der Waals surface area (Å²) in [5.41, 5.74) is 0.353. The molecule has 0 radical (unpaired) electrons. The lowest BCUT2D eigenvalue weighted by molar-refractivity contribution is 0.102. The summed E-state index contributed by atoms with van der Waals surface area (Å²) >= 11 is 0. The van der Waals surface area contributed by atoms with Gasteiger partial charge in [0.05, 0.1) is 7.11 Å². The molecule has 2 aromatic rings. The first-order valence-corrected chi connectivity index (χ1v) is 5.48. The predicted octanol–water partition coefficient (Wildman–Crippen LogP) is 0.734. The van der Waals surface area contributed by atoms with E-state index in [1.807, 2.05) is 0 Å². The fourth-order valence-electron chi connectivity index (χ4n) is 1.55. The van der Waals surface area contributed by atoms with Crippen LogP contribution in [0.25, 0.3) is 0 Å². The van der Waals surface area contributed by atoms with Crippen LogP contribution in [0.5, 0.6) is 5.88 Å². The van der Waals surface area contributed by atoms with Crippen LogP contribution in [0, 0.1) is 6.92 Å². The Morgan fingerprint density at radius 3 is 2.95 bits per heavy atom. The number of ether oxygens (including phenoxy) is 1. The molecule has 7 heteroatoms. The molecule has 0 fully saturated rings. The molecule has 0 bridgehead atoms. The van der Waals surface area contributed by atoms with Crippen molar-refractivity contribution in [3.63, 3.8) is 0 Å². The monoisotopic (exact) mass is 260 g/mol. The molecule has 0 unspecified atom stereocenters. The van der Waals surface area contributed by atoms with E-state index in [9.17, 15) is 9.59 Å². The minimum Gasteiger partial charge on any atom is -0.480 e. The highest BCUT2D eigenvalue weighted by Crippen LogP contribution is 2.15. The average Bonchev–Trinajstić information content (AvgIpc) is 2.37. The summed E-state index contributed by atoms with van der Waals surface area (Å²) in [6.07, 6.45) is 1.52. The van der Waals surface area contributed by atoms with Crippen molar-refractivity contribution in [2.24, 2.45) is 0 Å². The van der Waals surface area contributed by atoms with Gasteiger partial charge < -0.3 is 15.0 Å². The summed E-state index contributed by atoms with van der Waals surface area (Å²) in [7, 11) is 1.43. The maximum absolute atomic E-state index is 12.0. The molecule has 0 aromatic carbocycles. The van der Waals surface area contributed by atoms with Crippen molar-refractivity contribution in [2.45, 2.75) is 6.92 Å². The zero-order valence-corrected chi connectivity index (χ0v) is 10.4. The largest absolute Gasteiger partial charge is 0.480 e. The van der Waals surface area contributed by atoms with E-state index in [0.29, 0.717) is 5.69 Å². The van der Waals surface area contributed by atoms with Crippen LogP contribution in [0.15, 0.2) is 29.2 Å². The normalized spacial score (nSPS) is 10.0. The molecule has 2 rings (SSSR count). The van der Waals surface area contributed by atoms with Crippen LogP contribution in [0.4, 0.5) is 5.82 Å². The number of aromatic amines is 1. The third-order valence-corrected chi connectivity index (χ3v) is 2.33. The molecule has 0 atom stereocenters. The quantitative estimate of drug-likeness (QED) is 0.848. The lowest BCUT2D eigenvalue weighted by Crippen LogP contribution is -2.19. The summed E-state index contributed by atoms with van der Waals surface area (Å²) in [6.45, 7) is 1.70. The fraction of sp³-hybridized carbons (Fsp3) is 0.167. The Hall–Kier alpha value is -2.70. The zero-order valence-electron chi connectivity index (χ0n) is 10.4. The molecule has 0 spiro atoms. The Morgan fingerprint density at radius 1 is 1.47 bits per heavy atom. The van der Waals surface area contributed by atoms with Crippen LogP contribution in [-0.2, 0) is 0 Å². The van der Waals surface area contributed by atoms with Crippen molar-refractivity contribution >= 4 is 11.7 Å². The van der Waals surface area contributed by atoms with E-state index in [0.717, 1.165) is 0 Å². The van der Waals surface area contributed by atoms with Gasteiger partial charge in [0.1, 0.15) is 11.4 Å². The minimum absolute atomic E-state index is 0.178. The maximum Gasteiger partial charge on any atom is 0.347 e. The molecule has 0 saturated carbocycles. The molecule has 2 N–H and O–H groups in total. The smallest absolute Gasteiger partial charge is 0.347 e. The van der Waals surface area contributed by atoms with Crippen LogP contribution in [0.3, 0.4) is 0 Å². The number of aryl methyl sites for hydroxylation is 1. The molecule has 2 heterocycles. The first-order valence-electron chi connectivity index (χ1n) is 5.48. The van der Waals surface area contributed by atoms with Crippen molar-refractivity contribution in [1.82, 2.24) is 15.0 Å². The van der Waals surface area contributed by atoms with E-state index >= 15 is 0 Å². The predicted molar refractivity (Wildman–Crippen MR) is 68.3 cm³/mol. The van der Waals surface area contributed by atoms with Gasteiger partial charge in [0.25, 0.3) is 5.91 Å². The number of carbonyl (C=O) groups is 1. The van der Waals surface area contributed by atoms with Gasteiger partial charge in [-0.15, -0.1) is 0 Å². The highest BCUT2D eigenvalue weighted by molar-refractivity contribution is 6.05. The molecule has 1 amide bonds. The number of H-pyrrole nitrogens is 1. The molecule has 7 nitrogen and oxygen atoms in total. The highest BCUT2D eigenvalue weighted by atomic mass is 16.5. The van der Waals surface area contributed by atoms with E-state index < -0.39 is 11.6 Å². The number of nitrogens with one attached hydrogen (secondary N) is 2. The number of methoxy groups -OCH3 is 1. The van der Waals surface area contributed by atoms with Crippen molar-refractivity contribution < 1.29 is 9.53 Å². The van der Waals surface area contributed by atoms with E-state index in [4.69, 9.17) is 4.74 Å². The number of amides is 1. The van der Waals surface area contributed by atoms with Gasteiger partial charge in [-0.3, -0.25) is 4.79 Å². The lowest BCUT2D eigenvalue weighted by atomic mass is 10.2. The van der Waals surface area contributed by atoms with Crippen molar-refractivity contribution in [3.8, 4) is 5.88 Å². The number of anilines is 1. The SMILES string of the molecule is COc1ncccc1C(=O)Nc1cc(C)[nH]c(=O)n1. The number of rotatable bonds is 3. The third-order valence-electron chi connectivity index (χ3n) is 2.33. The van der Waals surface area contributed by atoms with Gasteiger partial charge in [0, 0.05) is 18.0 Å². The molecule has 0 aliphatic rings. The highest BCUT2D eigenvalue weighted by Gasteiger charge is 2.13. The molecule has 0 aliphatic heterocycles. The van der Waals surface area contributed by atoms with Crippen LogP contribution in [0.2, 0.25) is 0 Å². The van der Waals surface area contributed by atoms with E-state index in [-0.39, 0.29) is 17.3 Å². The fourth-order valence-corrected chi connectivity index (χ4v) is 1.55. The molecule has 98 valence electrons. The molecule has 0 saturated heterocycles. The second-order valence-electron chi connectivity index (χ2n) is 3.77. The van der Waals surface area contributed by atoms with Crippen LogP contribution in [0.1, 0.15) is 16.1 Å². The molecule has 2 aromatic heterocycles. The molecular formula is C12H12N4O3. The van der Waals surface area contributed by atoms with Gasteiger partial charge in [-0.2, -0.15) is 4.98 Å². The van der Waals surface area contributed by atoms with Gasteiger partial charge in [-0.25, -0.2) is 9.78 Å². The van der Waals surface area contributed by atoms with Crippen LogP contribution in [-0.4, -0.2) is 28.0 Å². The molecule has 0 aliphatic carbocycles. The van der Waals surface area contributed by atoms with Gasteiger partial charge in [-0.1, -0.05) is 0 Å². The number of hydrogen-bond donors (Lipinski definition) is 2. The van der Waals surface area contributed by atoms with Gasteiger partial charge in [0.2, 0.25) is 5.88 Å². The Bertz CT molecular complexity index is 666. The van der Waals surface area contributed by atoms with E-state index in [2.05, 4.69) is 20.3 Å². The van der Waals surface area contributed by atoms with Crippen LogP contribution < -0.4 is 15.7 Å². The summed E-state index contributed by atoms with van der Waals surface area (Å²) in [5, 5.41) is 2.52. The minimum atomic E-state index is -0.520. The average molecular weight is 260 g/mol. The Kier molecular flexibility index (Phi) is 3.56. The lowest BCUT2D eigenvalue weighted by Gasteiger charge is -2.07. The van der Waals surface area contributed by atoms with E-state index in [1.165, 1.54) is 13.3 Å². The summed E-state index contributed by atoms with van der Waals surface area (Å²) in [6, 6.07) is 4.75. The van der Waals surface area contributed by atoms with Crippen molar-refractivity contribution in [1.29, 1.82) is 0 Å². The maximum atomic E-state index is 12.0. The van der Waals surface area contributed by atoms with Crippen LogP contribution >= 0.6 is 0 Å². The molecule has 19 heavy (non-hydrogen) atoms. The topological polar surface area (TPSA) is 97.0 Å². The van der Waals surface area contributed by atoms with Crippen molar-refractivity contribution in [3.05, 3.63) is 46.1 Å². The van der Waals surface area contributed by atoms with Gasteiger partial charge in [0.15, 0.2) is 0 Å². The number of hydrogen-bond acceptors (Lipinski definition) is 5. The standard InChI is InChI=1S/C12H12N4O3/c1-7-6-9(16-12(18)14-7)15-10(17)8-4-3-5-13-11(8)19-2/h3-6H,1-2H3,(H2,14,15,16,17,18). The van der Waals surface area contributed by atoms with Crippen molar-refractivity contribution in [2.75, 3.05) is 12.4 Å². The second kappa shape index (κ2) is 5.30. The van der Waals surface area contributed by atoms with Gasteiger partial charge >= 0.3 is 5.69 Å².